The summed E-state index contributed by atoms with van der Waals surface area (Å²) in [4.78, 5) is 4.86. The fourth-order valence-electron chi connectivity index (χ4n) is 3.78. The van der Waals surface area contributed by atoms with E-state index in [4.69, 9.17) is 17.3 Å². The minimum Gasteiger partial charge on any atom is -0.369 e. The summed E-state index contributed by atoms with van der Waals surface area (Å²) in [7, 11) is 0. The maximum atomic E-state index is 5.74. The highest BCUT2D eigenvalue weighted by Gasteiger charge is 2.19. The summed E-state index contributed by atoms with van der Waals surface area (Å²) in [5.41, 5.74) is 2.53. The topological polar surface area (TPSA) is 29.2 Å². The van der Waals surface area contributed by atoms with Crippen molar-refractivity contribution in [1.82, 2.24) is 19.2 Å². The zero-order chi connectivity index (χ0) is 20.1. The molecule has 1 saturated heterocycles. The van der Waals surface area contributed by atoms with Crippen molar-refractivity contribution in [3.05, 3.63) is 89.5 Å². The summed E-state index contributed by atoms with van der Waals surface area (Å²) >= 11 is 5.74. The van der Waals surface area contributed by atoms with E-state index in [-0.39, 0.29) is 0 Å². The van der Waals surface area contributed by atoms with Gasteiger partial charge in [0, 0.05) is 44.8 Å². The van der Waals surface area contributed by atoms with Gasteiger partial charge in [-0.15, -0.1) is 6.58 Å². The molecule has 1 fully saturated rings. The van der Waals surface area contributed by atoms with Gasteiger partial charge in [-0.3, -0.25) is 9.47 Å². The van der Waals surface area contributed by atoms with Gasteiger partial charge in [0.2, 0.25) is 0 Å². The smallest absolute Gasteiger partial charge is 0.199 e. The second kappa shape index (κ2) is 9.20. The highest BCUT2D eigenvalue weighted by Crippen LogP contribution is 2.16. The summed E-state index contributed by atoms with van der Waals surface area (Å²) in [6.07, 6.45) is 2.65. The number of aromatic nitrogens is 3. The van der Waals surface area contributed by atoms with Crippen LogP contribution < -0.4 is 4.90 Å². The molecule has 0 N–H and O–H groups in total. The Morgan fingerprint density at radius 1 is 0.931 bits per heavy atom. The number of nitrogens with zero attached hydrogens (tertiary/aromatic N) is 5. The maximum absolute atomic E-state index is 5.74. The van der Waals surface area contributed by atoms with Crippen molar-refractivity contribution >= 4 is 17.9 Å². The predicted molar refractivity (Wildman–Crippen MR) is 121 cm³/mol. The molecule has 0 spiro atoms. The molecular formula is C23H27N5S. The van der Waals surface area contributed by atoms with E-state index in [0.29, 0.717) is 6.54 Å². The van der Waals surface area contributed by atoms with Crippen molar-refractivity contribution in [3.63, 3.8) is 0 Å². The summed E-state index contributed by atoms with van der Waals surface area (Å²) in [6.45, 7) is 9.33. The van der Waals surface area contributed by atoms with Gasteiger partial charge < -0.3 is 4.90 Å². The standard InChI is InChI=1S/C23H27N5S/c1-2-13-27-22(18-20-9-5-3-6-10-20)24-28(23(27)29)19-25-14-16-26(17-15-25)21-11-7-4-8-12-21/h2-12H,1,13-19H2. The van der Waals surface area contributed by atoms with Crippen LogP contribution in [0.5, 0.6) is 0 Å². The molecule has 29 heavy (non-hydrogen) atoms. The first-order valence-electron chi connectivity index (χ1n) is 10.1. The van der Waals surface area contributed by atoms with E-state index < -0.39 is 0 Å². The Labute approximate surface area is 177 Å². The van der Waals surface area contributed by atoms with Crippen molar-refractivity contribution in [2.24, 2.45) is 0 Å². The summed E-state index contributed by atoms with van der Waals surface area (Å²) in [6, 6.07) is 21.0. The molecule has 150 valence electrons. The first kappa shape index (κ1) is 19.6. The van der Waals surface area contributed by atoms with Crippen LogP contribution in [0.15, 0.2) is 73.3 Å². The van der Waals surface area contributed by atoms with Gasteiger partial charge in [-0.05, 0) is 29.9 Å². The molecule has 1 aromatic heterocycles. The zero-order valence-electron chi connectivity index (χ0n) is 16.7. The van der Waals surface area contributed by atoms with Gasteiger partial charge in [-0.1, -0.05) is 54.6 Å². The summed E-state index contributed by atoms with van der Waals surface area (Å²) < 4.78 is 4.83. The first-order valence-corrected chi connectivity index (χ1v) is 10.5. The van der Waals surface area contributed by atoms with E-state index in [1.807, 2.05) is 16.8 Å². The van der Waals surface area contributed by atoms with Crippen LogP contribution in [0.3, 0.4) is 0 Å². The number of hydrogen-bond acceptors (Lipinski definition) is 4. The van der Waals surface area contributed by atoms with E-state index >= 15 is 0 Å². The zero-order valence-corrected chi connectivity index (χ0v) is 17.5. The molecule has 0 radical (unpaired) electrons. The molecule has 3 aromatic rings. The fraction of sp³-hybridized carbons (Fsp3) is 0.304. The number of rotatable bonds is 7. The normalized spacial score (nSPS) is 14.8. The lowest BCUT2D eigenvalue weighted by Gasteiger charge is -2.35. The molecule has 4 rings (SSSR count). The van der Waals surface area contributed by atoms with E-state index in [0.717, 1.165) is 49.9 Å². The number of benzene rings is 2. The van der Waals surface area contributed by atoms with Gasteiger partial charge >= 0.3 is 0 Å². The Morgan fingerprint density at radius 3 is 2.24 bits per heavy atom. The van der Waals surface area contributed by atoms with Gasteiger partial charge in [0.25, 0.3) is 0 Å². The average molecular weight is 406 g/mol. The number of piperazine rings is 1. The quantitative estimate of drug-likeness (QED) is 0.439. The van der Waals surface area contributed by atoms with Crippen LogP contribution in [0.2, 0.25) is 0 Å². The molecule has 1 aliphatic heterocycles. The van der Waals surface area contributed by atoms with Crippen LogP contribution in [0.1, 0.15) is 11.4 Å². The molecule has 0 unspecified atom stereocenters. The van der Waals surface area contributed by atoms with Gasteiger partial charge in [-0.2, -0.15) is 5.10 Å². The number of allylic oxidation sites excluding steroid dienone is 1. The molecule has 2 heterocycles. The molecule has 2 aromatic carbocycles. The van der Waals surface area contributed by atoms with E-state index in [1.165, 1.54) is 11.3 Å². The Morgan fingerprint density at radius 2 is 1.59 bits per heavy atom. The lowest BCUT2D eigenvalue weighted by atomic mass is 10.1. The number of hydrogen-bond donors (Lipinski definition) is 0. The SMILES string of the molecule is C=CCn1c(Cc2ccccc2)nn(CN2CCN(c3ccccc3)CC2)c1=S. The predicted octanol–water partition coefficient (Wildman–Crippen LogP) is 3.97. The van der Waals surface area contributed by atoms with Crippen LogP contribution in [-0.4, -0.2) is 45.4 Å². The Hall–Kier alpha value is -2.70. The van der Waals surface area contributed by atoms with Crippen LogP contribution in [0.25, 0.3) is 0 Å². The highest BCUT2D eigenvalue weighted by molar-refractivity contribution is 7.71. The van der Waals surface area contributed by atoms with Crippen LogP contribution in [0, 0.1) is 4.77 Å². The molecule has 0 atom stereocenters. The van der Waals surface area contributed by atoms with Crippen molar-refractivity contribution in [2.45, 2.75) is 19.6 Å². The van der Waals surface area contributed by atoms with Crippen LogP contribution >= 0.6 is 12.2 Å². The van der Waals surface area contributed by atoms with Crippen LogP contribution in [-0.2, 0) is 19.6 Å². The highest BCUT2D eigenvalue weighted by atomic mass is 32.1. The monoisotopic (exact) mass is 405 g/mol. The largest absolute Gasteiger partial charge is 0.369 e. The van der Waals surface area contributed by atoms with E-state index in [9.17, 15) is 0 Å². The van der Waals surface area contributed by atoms with Crippen molar-refractivity contribution < 1.29 is 0 Å². The molecule has 0 amide bonds. The minimum absolute atomic E-state index is 0.683. The second-order valence-corrected chi connectivity index (χ2v) is 7.71. The van der Waals surface area contributed by atoms with Crippen molar-refractivity contribution in [2.75, 3.05) is 31.1 Å². The molecular weight excluding hydrogens is 378 g/mol. The van der Waals surface area contributed by atoms with Gasteiger partial charge in [0.1, 0.15) is 5.82 Å². The summed E-state index contributed by atoms with van der Waals surface area (Å²) in [5, 5.41) is 4.87. The van der Waals surface area contributed by atoms with Crippen molar-refractivity contribution in [1.29, 1.82) is 0 Å². The molecule has 0 aliphatic carbocycles. The lowest BCUT2D eigenvalue weighted by Crippen LogP contribution is -2.47. The third-order valence-corrected chi connectivity index (χ3v) is 5.77. The Bertz CT molecular complexity index is 985. The molecule has 0 bridgehead atoms. The van der Waals surface area contributed by atoms with E-state index in [2.05, 4.69) is 75.5 Å². The third kappa shape index (κ3) is 4.66. The van der Waals surface area contributed by atoms with Gasteiger partial charge in [0.05, 0.1) is 6.67 Å². The molecule has 5 nitrogen and oxygen atoms in total. The third-order valence-electron chi connectivity index (χ3n) is 5.34. The maximum Gasteiger partial charge on any atom is 0.199 e. The molecule has 0 saturated carbocycles. The van der Waals surface area contributed by atoms with Gasteiger partial charge in [0.15, 0.2) is 4.77 Å². The Kier molecular flexibility index (Phi) is 6.22. The molecule has 6 heteroatoms. The average Bonchev–Trinajstić information content (AvgIpc) is 3.05. The Balaban J connectivity index is 1.45. The second-order valence-electron chi connectivity index (χ2n) is 7.34. The van der Waals surface area contributed by atoms with Crippen molar-refractivity contribution in [3.8, 4) is 0 Å². The van der Waals surface area contributed by atoms with Gasteiger partial charge in [-0.25, -0.2) is 4.68 Å². The number of para-hydroxylation sites is 1. The minimum atomic E-state index is 0.683. The first-order chi connectivity index (χ1) is 14.2. The number of anilines is 1. The summed E-state index contributed by atoms with van der Waals surface area (Å²) in [5.74, 6) is 0.990. The molecule has 1 aliphatic rings. The fourth-order valence-corrected chi connectivity index (χ4v) is 4.05. The van der Waals surface area contributed by atoms with E-state index in [1.54, 1.807) is 0 Å². The lowest BCUT2D eigenvalue weighted by molar-refractivity contribution is 0.194. The van der Waals surface area contributed by atoms with Crippen LogP contribution in [0.4, 0.5) is 5.69 Å².